The monoisotopic (exact) mass is 405 g/mol. The fourth-order valence-electron chi connectivity index (χ4n) is 2.36. The van der Waals surface area contributed by atoms with Crippen molar-refractivity contribution in [2.24, 2.45) is 7.05 Å². The molecular weight excluding hydrogens is 386 g/mol. The summed E-state index contributed by atoms with van der Waals surface area (Å²) in [5.41, 5.74) is 2.73. The van der Waals surface area contributed by atoms with Crippen LogP contribution in [0.4, 0.5) is 5.69 Å². The minimum absolute atomic E-state index is 0.298. The summed E-state index contributed by atoms with van der Waals surface area (Å²) in [5, 5.41) is 7.11. The SMILES string of the molecule is COC(=O)c1ccc(C)c(NC(=O)COC(=O)/C=C/c2c(C)nn(C)c2Cl)c1. The van der Waals surface area contributed by atoms with E-state index in [0.717, 1.165) is 5.56 Å². The van der Waals surface area contributed by atoms with E-state index in [0.29, 0.717) is 27.7 Å². The minimum Gasteiger partial charge on any atom is -0.465 e. The second-order valence-corrected chi connectivity index (χ2v) is 6.28. The number of rotatable bonds is 6. The van der Waals surface area contributed by atoms with Crippen LogP contribution in [0.2, 0.25) is 5.15 Å². The molecule has 0 bridgehead atoms. The Hall–Kier alpha value is -3.13. The number of nitrogens with one attached hydrogen (secondary N) is 1. The predicted molar refractivity (Wildman–Crippen MR) is 104 cm³/mol. The number of amides is 1. The van der Waals surface area contributed by atoms with Gasteiger partial charge in [0.2, 0.25) is 0 Å². The molecule has 1 amide bonds. The molecule has 1 aromatic carbocycles. The largest absolute Gasteiger partial charge is 0.465 e. The number of carbonyl (C=O) groups is 3. The van der Waals surface area contributed by atoms with Gasteiger partial charge in [-0.3, -0.25) is 9.48 Å². The lowest BCUT2D eigenvalue weighted by atomic mass is 10.1. The Kier molecular flexibility index (Phi) is 6.94. The van der Waals surface area contributed by atoms with Gasteiger partial charge < -0.3 is 14.8 Å². The number of aromatic nitrogens is 2. The van der Waals surface area contributed by atoms with E-state index in [2.05, 4.69) is 15.2 Å². The van der Waals surface area contributed by atoms with Crippen molar-refractivity contribution in [2.75, 3.05) is 19.0 Å². The molecule has 28 heavy (non-hydrogen) atoms. The normalized spacial score (nSPS) is 10.8. The van der Waals surface area contributed by atoms with Crippen LogP contribution in [-0.4, -0.2) is 41.3 Å². The summed E-state index contributed by atoms with van der Waals surface area (Å²) in [7, 11) is 2.96. The van der Waals surface area contributed by atoms with E-state index in [9.17, 15) is 14.4 Å². The van der Waals surface area contributed by atoms with Crippen LogP contribution in [0.15, 0.2) is 24.3 Å². The Morgan fingerprint density at radius 2 is 2.00 bits per heavy atom. The van der Waals surface area contributed by atoms with Crippen molar-refractivity contribution >= 4 is 41.2 Å². The molecule has 0 aliphatic carbocycles. The zero-order chi connectivity index (χ0) is 20.8. The van der Waals surface area contributed by atoms with E-state index in [-0.39, 0.29) is 0 Å². The van der Waals surface area contributed by atoms with Crippen LogP contribution >= 0.6 is 11.6 Å². The van der Waals surface area contributed by atoms with Crippen molar-refractivity contribution in [1.82, 2.24) is 9.78 Å². The summed E-state index contributed by atoms with van der Waals surface area (Å²) in [6.45, 7) is 3.05. The number of hydrogen-bond donors (Lipinski definition) is 1. The lowest BCUT2D eigenvalue weighted by molar-refractivity contribution is -0.142. The molecule has 2 rings (SSSR count). The van der Waals surface area contributed by atoms with Crippen molar-refractivity contribution in [1.29, 1.82) is 0 Å². The Bertz CT molecular complexity index is 949. The zero-order valence-corrected chi connectivity index (χ0v) is 16.7. The molecule has 1 heterocycles. The van der Waals surface area contributed by atoms with Crippen LogP contribution < -0.4 is 5.32 Å². The Labute approximate surface area is 167 Å². The molecule has 1 aromatic heterocycles. The number of halogens is 1. The molecule has 0 aliphatic rings. The number of carbonyl (C=O) groups excluding carboxylic acids is 3. The standard InChI is InChI=1S/C19H20ClN3O5/c1-11-5-6-13(19(26)27-4)9-15(11)21-16(24)10-28-17(25)8-7-14-12(2)22-23(3)18(14)20/h5-9H,10H2,1-4H3,(H,21,24)/b8-7+. The van der Waals surface area contributed by atoms with Crippen LogP contribution in [0.5, 0.6) is 0 Å². The van der Waals surface area contributed by atoms with Gasteiger partial charge >= 0.3 is 11.9 Å². The fraction of sp³-hybridized carbons (Fsp3) is 0.263. The summed E-state index contributed by atoms with van der Waals surface area (Å²) >= 11 is 6.08. The van der Waals surface area contributed by atoms with Gasteiger partial charge in [-0.2, -0.15) is 5.10 Å². The summed E-state index contributed by atoms with van der Waals surface area (Å²) in [5.74, 6) is -1.76. The number of methoxy groups -OCH3 is 1. The molecule has 0 unspecified atom stereocenters. The van der Waals surface area contributed by atoms with Crippen LogP contribution in [0.25, 0.3) is 6.08 Å². The van der Waals surface area contributed by atoms with Crippen molar-refractivity contribution in [3.63, 3.8) is 0 Å². The highest BCUT2D eigenvalue weighted by molar-refractivity contribution is 6.31. The molecule has 0 saturated heterocycles. The third-order valence-electron chi connectivity index (χ3n) is 3.86. The maximum Gasteiger partial charge on any atom is 0.337 e. The third kappa shape index (κ3) is 5.20. The highest BCUT2D eigenvalue weighted by Gasteiger charge is 2.12. The molecule has 0 saturated carbocycles. The van der Waals surface area contributed by atoms with Crippen molar-refractivity contribution in [3.05, 3.63) is 51.8 Å². The van der Waals surface area contributed by atoms with E-state index in [1.807, 2.05) is 0 Å². The first-order valence-electron chi connectivity index (χ1n) is 8.25. The molecule has 148 valence electrons. The van der Waals surface area contributed by atoms with Gasteiger partial charge in [-0.05, 0) is 37.6 Å². The lowest BCUT2D eigenvalue weighted by Gasteiger charge is -2.10. The van der Waals surface area contributed by atoms with Crippen molar-refractivity contribution < 1.29 is 23.9 Å². The van der Waals surface area contributed by atoms with E-state index in [1.54, 1.807) is 33.0 Å². The summed E-state index contributed by atoms with van der Waals surface area (Å²) in [6.07, 6.45) is 2.65. The molecule has 0 radical (unpaired) electrons. The molecular formula is C19H20ClN3O5. The first-order chi connectivity index (χ1) is 13.2. The van der Waals surface area contributed by atoms with Crippen LogP contribution in [0.1, 0.15) is 27.2 Å². The topological polar surface area (TPSA) is 99.5 Å². The smallest absolute Gasteiger partial charge is 0.337 e. The number of benzene rings is 1. The summed E-state index contributed by atoms with van der Waals surface area (Å²) < 4.78 is 11.1. The van der Waals surface area contributed by atoms with Crippen LogP contribution in [0.3, 0.4) is 0 Å². The highest BCUT2D eigenvalue weighted by Crippen LogP contribution is 2.20. The zero-order valence-electron chi connectivity index (χ0n) is 15.9. The van der Waals surface area contributed by atoms with Gasteiger partial charge in [0.05, 0.1) is 18.4 Å². The van der Waals surface area contributed by atoms with Crippen LogP contribution in [-0.2, 0) is 26.1 Å². The van der Waals surface area contributed by atoms with E-state index >= 15 is 0 Å². The number of nitrogens with zero attached hydrogens (tertiary/aromatic N) is 2. The van der Waals surface area contributed by atoms with Gasteiger partial charge in [-0.1, -0.05) is 17.7 Å². The molecule has 2 aromatic rings. The van der Waals surface area contributed by atoms with Gasteiger partial charge in [0.25, 0.3) is 5.91 Å². The first kappa shape index (κ1) is 21.2. The number of esters is 2. The lowest BCUT2D eigenvalue weighted by Crippen LogP contribution is -2.21. The Balaban J connectivity index is 1.94. The molecule has 0 atom stereocenters. The second-order valence-electron chi connectivity index (χ2n) is 5.92. The number of hydrogen-bond acceptors (Lipinski definition) is 6. The maximum atomic E-state index is 12.0. The average Bonchev–Trinajstić information content (AvgIpc) is 2.91. The predicted octanol–water partition coefficient (Wildman–Crippen LogP) is 2.67. The van der Waals surface area contributed by atoms with E-state index < -0.39 is 24.5 Å². The third-order valence-corrected chi connectivity index (χ3v) is 4.31. The van der Waals surface area contributed by atoms with Gasteiger partial charge in [0.15, 0.2) is 6.61 Å². The van der Waals surface area contributed by atoms with Gasteiger partial charge in [0.1, 0.15) is 5.15 Å². The molecule has 8 nitrogen and oxygen atoms in total. The molecule has 0 fully saturated rings. The van der Waals surface area contributed by atoms with Gasteiger partial charge in [0, 0.05) is 24.4 Å². The number of aryl methyl sites for hydroxylation is 3. The Morgan fingerprint density at radius 1 is 1.29 bits per heavy atom. The second kappa shape index (κ2) is 9.18. The Morgan fingerprint density at radius 3 is 2.61 bits per heavy atom. The average molecular weight is 406 g/mol. The van der Waals surface area contributed by atoms with E-state index in [4.69, 9.17) is 16.3 Å². The van der Waals surface area contributed by atoms with Gasteiger partial charge in [-0.25, -0.2) is 9.59 Å². The van der Waals surface area contributed by atoms with Crippen molar-refractivity contribution in [3.8, 4) is 0 Å². The molecule has 1 N–H and O–H groups in total. The summed E-state index contributed by atoms with van der Waals surface area (Å²) in [6, 6.07) is 4.76. The van der Waals surface area contributed by atoms with Gasteiger partial charge in [-0.15, -0.1) is 0 Å². The van der Waals surface area contributed by atoms with Crippen molar-refractivity contribution in [2.45, 2.75) is 13.8 Å². The number of ether oxygens (including phenoxy) is 2. The molecule has 0 aliphatic heterocycles. The highest BCUT2D eigenvalue weighted by atomic mass is 35.5. The molecule has 0 spiro atoms. The summed E-state index contributed by atoms with van der Waals surface area (Å²) in [4.78, 5) is 35.5. The maximum absolute atomic E-state index is 12.0. The quantitative estimate of drug-likeness (QED) is 0.586. The first-order valence-corrected chi connectivity index (χ1v) is 8.63. The molecule has 9 heteroatoms. The van der Waals surface area contributed by atoms with E-state index in [1.165, 1.54) is 30.0 Å². The minimum atomic E-state index is -0.700. The van der Waals surface area contributed by atoms with Crippen LogP contribution in [0, 0.1) is 13.8 Å². The fourth-order valence-corrected chi connectivity index (χ4v) is 2.60. The number of anilines is 1.